The first-order chi connectivity index (χ1) is 64.0. The van der Waals surface area contributed by atoms with Crippen molar-refractivity contribution in [3.05, 3.63) is 145 Å². The second-order valence-corrected chi connectivity index (χ2v) is 40.0. The van der Waals surface area contributed by atoms with Crippen molar-refractivity contribution in [3.63, 3.8) is 0 Å². The number of β-amino-alcohol motifs (C(OH)–C–C–N with tert-alkyl or cyclic N) is 1. The number of halogens is 5. The molecular formula is C95H142Cl2F2IN19O17. The molecule has 7 aromatic rings. The Morgan fingerprint density at radius 3 is 1.29 bits per heavy atom. The van der Waals surface area contributed by atoms with Gasteiger partial charge in [0.25, 0.3) is 0 Å². The van der Waals surface area contributed by atoms with E-state index in [2.05, 4.69) is 78.3 Å². The van der Waals surface area contributed by atoms with Gasteiger partial charge in [0.1, 0.15) is 39.8 Å². The molecule has 41 heteroatoms. The van der Waals surface area contributed by atoms with Crippen LogP contribution in [0.25, 0.3) is 0 Å². The van der Waals surface area contributed by atoms with Gasteiger partial charge in [-0.3, -0.25) is 28.8 Å². The monoisotopic (exact) mass is 2060 g/mol. The Morgan fingerprint density at radius 2 is 0.860 bits per heavy atom. The van der Waals surface area contributed by atoms with Gasteiger partial charge in [-0.2, -0.15) is 20.4 Å². The van der Waals surface area contributed by atoms with Crippen LogP contribution < -0.4 is 35.4 Å². The maximum atomic E-state index is 13.3. The first-order valence-electron chi connectivity index (χ1n) is 46.0. The quantitative estimate of drug-likeness (QED) is 0.0652. The molecule has 6 atom stereocenters. The minimum absolute atomic E-state index is 0. The zero-order chi connectivity index (χ0) is 98.1. The lowest BCUT2D eigenvalue weighted by molar-refractivity contribution is -0.132. The summed E-state index contributed by atoms with van der Waals surface area (Å²) in [6.45, 7) is 41.2. The third kappa shape index (κ3) is 34.0. The Balaban J connectivity index is 0.000000178. The largest absolute Gasteiger partial charge is 0.444 e. The van der Waals surface area contributed by atoms with E-state index in [1.54, 1.807) is 80.6 Å². The van der Waals surface area contributed by atoms with Crippen molar-refractivity contribution in [1.82, 2.24) is 74.3 Å². The molecule has 136 heavy (non-hydrogen) atoms. The summed E-state index contributed by atoms with van der Waals surface area (Å²) in [5, 5.41) is 35.9. The fraction of sp³-hybridized carbons (Fsp3) is 0.621. The van der Waals surface area contributed by atoms with Gasteiger partial charge >= 0.3 is 30.5 Å². The van der Waals surface area contributed by atoms with Gasteiger partial charge in [0.2, 0.25) is 5.91 Å². The lowest BCUT2D eigenvalue weighted by Crippen LogP contribution is -2.42. The van der Waals surface area contributed by atoms with Gasteiger partial charge in [0.15, 0.2) is 0 Å². The van der Waals surface area contributed by atoms with Crippen LogP contribution in [0.4, 0.5) is 55.5 Å². The van der Waals surface area contributed by atoms with E-state index in [1.165, 1.54) is 53.0 Å². The Kier molecular flexibility index (Phi) is 41.7. The number of ether oxygens (including phenoxy) is 10. The van der Waals surface area contributed by atoms with Crippen molar-refractivity contribution in [1.29, 1.82) is 0 Å². The molecule has 4 N–H and O–H groups in total. The second-order valence-electron chi connectivity index (χ2n) is 38.0. The molecule has 0 aliphatic carbocycles. The summed E-state index contributed by atoms with van der Waals surface area (Å²) >= 11 is 13.7. The van der Waals surface area contributed by atoms with Crippen LogP contribution in [0.5, 0.6) is 5.75 Å². The molecule has 4 aromatic heterocycles. The Bertz CT molecular complexity index is 4980. The summed E-state index contributed by atoms with van der Waals surface area (Å²) in [6.07, 6.45) is 13.1. The molecule has 14 heterocycles. The van der Waals surface area contributed by atoms with Crippen molar-refractivity contribution in [2.24, 2.45) is 0 Å². The highest BCUT2D eigenvalue weighted by atomic mass is 127. The fourth-order valence-electron chi connectivity index (χ4n) is 16.0. The number of benzene rings is 3. The lowest BCUT2D eigenvalue weighted by Gasteiger charge is -2.31. The van der Waals surface area contributed by atoms with Crippen LogP contribution in [-0.2, 0) is 106 Å². The van der Waals surface area contributed by atoms with Gasteiger partial charge in [0.05, 0.1) is 174 Å². The first kappa shape index (κ1) is 110. The average Bonchev–Trinajstić information content (AvgIpc) is 1.64. The van der Waals surface area contributed by atoms with Crippen LogP contribution in [0.2, 0.25) is 10.0 Å². The number of aliphatic hydroxyl groups is 1. The molecule has 10 aliphatic heterocycles. The molecule has 36 nitrogen and oxygen atoms in total. The zero-order valence-electron chi connectivity index (χ0n) is 81.1. The van der Waals surface area contributed by atoms with Crippen LogP contribution in [-0.4, -0.2) is 304 Å². The second kappa shape index (κ2) is 51.5. The van der Waals surface area contributed by atoms with Crippen LogP contribution >= 0.6 is 45.8 Å². The summed E-state index contributed by atoms with van der Waals surface area (Å²) in [6, 6.07) is 16.9. The molecule has 754 valence electrons. The normalized spacial score (nSPS) is 19.8. The molecule has 6 amide bonds. The number of carbonyl (C=O) groups is 6. The van der Waals surface area contributed by atoms with E-state index >= 15 is 0 Å². The predicted molar refractivity (Wildman–Crippen MR) is 524 cm³/mol. The van der Waals surface area contributed by atoms with E-state index in [4.69, 9.17) is 70.6 Å². The molecule has 10 aliphatic rings. The number of rotatable bonds is 12. The van der Waals surface area contributed by atoms with Crippen molar-refractivity contribution in [3.8, 4) is 5.75 Å². The van der Waals surface area contributed by atoms with E-state index in [9.17, 15) is 42.7 Å². The number of likely N-dealkylation sites (tertiary alicyclic amines) is 2. The molecule has 17 rings (SSSR count). The molecule has 0 spiro atoms. The molecule has 6 saturated heterocycles. The van der Waals surface area contributed by atoms with E-state index in [-0.39, 0.29) is 78.6 Å². The molecule has 0 saturated carbocycles. The smallest absolute Gasteiger partial charge is 0.417 e. The average molecular weight is 2060 g/mol. The number of aliphatic hydroxyl groups excluding tert-OH is 1. The zero-order valence-corrected chi connectivity index (χ0v) is 84.7. The predicted octanol–water partition coefficient (Wildman–Crippen LogP) is 14.1. The number of hydrogen-bond acceptors (Lipinski definition) is 26. The number of amides is 6. The number of methoxy groups -OCH3 is 5. The number of nitrogens with zero attached hydrogens (tertiary/aromatic N) is 16. The molecule has 0 radical (unpaired) electrons. The summed E-state index contributed by atoms with van der Waals surface area (Å²) in [7, 11) is 8.72. The number of nitrogens with one attached hydrogen (secondary N) is 3. The maximum Gasteiger partial charge on any atom is 0.417 e. The van der Waals surface area contributed by atoms with Gasteiger partial charge in [-0.15, -0.1) is 0 Å². The van der Waals surface area contributed by atoms with Crippen LogP contribution in [0, 0.1) is 15.2 Å². The third-order valence-electron chi connectivity index (χ3n) is 23.1. The van der Waals surface area contributed by atoms with E-state index in [0.717, 1.165) is 143 Å². The van der Waals surface area contributed by atoms with Gasteiger partial charge in [-0.25, -0.2) is 32.8 Å². The van der Waals surface area contributed by atoms with Crippen molar-refractivity contribution in [2.45, 2.75) is 247 Å². The minimum Gasteiger partial charge on any atom is -0.444 e. The lowest BCUT2D eigenvalue weighted by atomic mass is 10.1. The summed E-state index contributed by atoms with van der Waals surface area (Å²) in [5.74, 6) is -0.589. The Hall–Kier alpha value is -9.43. The van der Waals surface area contributed by atoms with E-state index in [1.807, 2.05) is 133 Å². The van der Waals surface area contributed by atoms with Crippen LogP contribution in [0.1, 0.15) is 157 Å². The van der Waals surface area contributed by atoms with E-state index < -0.39 is 40.1 Å². The van der Waals surface area contributed by atoms with Crippen molar-refractivity contribution < 1.29 is 90.0 Å². The van der Waals surface area contributed by atoms with Crippen LogP contribution in [0.15, 0.2) is 91.5 Å². The maximum absolute atomic E-state index is 13.3. The van der Waals surface area contributed by atoms with Crippen molar-refractivity contribution >= 4 is 105 Å². The molecule has 3 aromatic carbocycles. The number of carbonyl (C=O) groups excluding carboxylic acids is 6. The Morgan fingerprint density at radius 1 is 0.449 bits per heavy atom. The Labute approximate surface area is 822 Å². The van der Waals surface area contributed by atoms with E-state index in [0.29, 0.717) is 108 Å². The number of fused-ring (bicyclic) bond motifs is 4. The first-order valence-corrected chi connectivity index (χ1v) is 47.8. The molecule has 6 fully saturated rings. The highest BCUT2D eigenvalue weighted by Crippen LogP contribution is 2.34. The van der Waals surface area contributed by atoms with Gasteiger partial charge < -0.3 is 102 Å². The summed E-state index contributed by atoms with van der Waals surface area (Å²) in [4.78, 5) is 87.0. The van der Waals surface area contributed by atoms with Gasteiger partial charge in [-0.1, -0.05) is 54.9 Å². The SMILES string of the molecule is C.CC(C)(C)OC(=O)N1CCC(O)C1.CC(C)(C)OC(=O)N1CCn2ncc(I)c2C1.COC1CCN(C(=O)OC(C)(C)C)C1.COC1CCN(c2cnn3c2CN(C(=O)Cc2ccc(F)c(Cl)c2)CC3)C1.COC1CCN(c2cnn3c2CN(C(=O)OC(C)(C)C)CC3)C1.COC1CCN(c2cnn3c2CNCC3)C1.COC1CCNC1.O=C(Nc1ccc(F)c(Cl)c1)Oc1ccccc1. The number of para-hydroxylation sites is 1. The number of aromatic nitrogens is 8. The van der Waals surface area contributed by atoms with Gasteiger partial charge in [-0.05, 0) is 199 Å². The standard InChI is InChI=1S/C19H22ClFN4O2.C16H26N4O3.C13H9ClFNO2.C11H16IN3O2.C11H18N4O.C10H19NO3.C9H17NO3.C5H11NO.CH4/c1-27-14-4-5-23(11-14)17-10-22-25-7-6-24(12-18(17)25)19(26)9-13-2-3-16(21)15(20)8-13;1-16(2,3)23-15(21)19-7-8-20-14(11-19)13(9-17-20)18-6-5-12(10-18)22-4;14-11-8-9(6-7-12(11)15)16-13(17)18-10-4-2-1-3-5-10;1-11(2,3)17-10(16)14-4-5-15-9(7-14)8(12)6-13-15;1-16-9-2-4-14(8-9)10-7-13-15-5-3-12-6-11(10)15;1-10(2,3)14-9(12)11-6-5-8(7-11)13-4;1-9(2,3)13-8(12)10-5-4-7(11)6-10;1-7-5-2-3-6-4-5;/h2-3,8,10,14H,4-7,9,11-12H2,1H3;9,12H,5-8,10-11H2,1-4H3;1-8H,(H,16,17);6H,4-5,7H2,1-3H3;7,9,12H,2-6,8H2,1H3;8H,5-7H2,1-4H3;7,11H,4-6H2,1-3H3;5-6H,2-4H2,1H3;1H4. The van der Waals surface area contributed by atoms with Crippen LogP contribution in [0.3, 0.4) is 0 Å². The highest BCUT2D eigenvalue weighted by molar-refractivity contribution is 14.1. The third-order valence-corrected chi connectivity index (χ3v) is 24.6. The number of hydrogen-bond donors (Lipinski definition) is 4. The number of anilines is 4. The fourth-order valence-corrected chi connectivity index (χ4v) is 16.9. The summed E-state index contributed by atoms with van der Waals surface area (Å²) in [5.41, 5.74) is 7.32. The molecular weight excluding hydrogens is 1910 g/mol. The molecule has 0 bridgehead atoms. The molecule has 6 unspecified atom stereocenters. The van der Waals surface area contributed by atoms with Crippen molar-refractivity contribution in [2.75, 3.05) is 160 Å². The topological polar surface area (TPSA) is 348 Å². The van der Waals surface area contributed by atoms with Gasteiger partial charge in [0, 0.05) is 139 Å². The summed E-state index contributed by atoms with van der Waals surface area (Å²) < 4.78 is 88.1. The minimum atomic E-state index is -0.663. The highest BCUT2D eigenvalue weighted by Gasteiger charge is 2.37.